The Kier molecular flexibility index (Phi) is 5.88. The van der Waals surface area contributed by atoms with Gasteiger partial charge in [0.2, 0.25) is 5.91 Å². The van der Waals surface area contributed by atoms with Gasteiger partial charge in [-0.15, -0.1) is 5.10 Å². The van der Waals surface area contributed by atoms with E-state index in [1.807, 2.05) is 29.2 Å². The minimum Gasteiger partial charge on any atom is -0.451 e. The zero-order chi connectivity index (χ0) is 24.4. The molecule has 0 spiro atoms. The molecule has 178 valence electrons. The first-order valence-corrected chi connectivity index (χ1v) is 11.0. The standard InChI is InChI=1S/C24H22N6O5/c1-15(31)29-10-12-30(13-11-29)18-8-6-17(7-9-18)25-22(33)23-27-28-24(35-23)26-21(32)20-14-16-4-2-3-5-19(16)34-20/h2-9,14H,10-13H2,1H3,(H,25,33)(H,26,28,32). The predicted molar refractivity (Wildman–Crippen MR) is 127 cm³/mol. The molecular weight excluding hydrogens is 452 g/mol. The smallest absolute Gasteiger partial charge is 0.323 e. The third-order valence-electron chi connectivity index (χ3n) is 5.70. The number of fused-ring (bicyclic) bond motifs is 1. The fourth-order valence-corrected chi connectivity index (χ4v) is 3.84. The van der Waals surface area contributed by atoms with Gasteiger partial charge in [-0.25, -0.2) is 0 Å². The number of hydrogen-bond donors (Lipinski definition) is 2. The van der Waals surface area contributed by atoms with Crippen LogP contribution >= 0.6 is 0 Å². The van der Waals surface area contributed by atoms with Crippen LogP contribution < -0.4 is 15.5 Å². The van der Waals surface area contributed by atoms with Gasteiger partial charge in [-0.2, -0.15) is 0 Å². The molecule has 2 aromatic heterocycles. The van der Waals surface area contributed by atoms with Gasteiger partial charge < -0.3 is 24.0 Å². The molecule has 3 heterocycles. The van der Waals surface area contributed by atoms with E-state index in [2.05, 4.69) is 25.7 Å². The molecule has 4 aromatic rings. The summed E-state index contributed by atoms with van der Waals surface area (Å²) in [6.45, 7) is 4.43. The number of amides is 3. The topological polar surface area (TPSA) is 134 Å². The lowest BCUT2D eigenvalue weighted by Crippen LogP contribution is -2.48. The highest BCUT2D eigenvalue weighted by Gasteiger charge is 2.20. The number of nitrogens with one attached hydrogen (secondary N) is 2. The maximum atomic E-state index is 12.5. The van der Waals surface area contributed by atoms with E-state index in [0.29, 0.717) is 24.4 Å². The minimum atomic E-state index is -0.607. The molecule has 2 aromatic carbocycles. The monoisotopic (exact) mass is 474 g/mol. The van der Waals surface area contributed by atoms with Gasteiger partial charge in [0.1, 0.15) is 5.58 Å². The zero-order valence-electron chi connectivity index (χ0n) is 18.9. The van der Waals surface area contributed by atoms with Crippen molar-refractivity contribution in [3.05, 3.63) is 66.2 Å². The van der Waals surface area contributed by atoms with Crippen molar-refractivity contribution in [2.45, 2.75) is 6.92 Å². The number of hydrogen-bond acceptors (Lipinski definition) is 8. The van der Waals surface area contributed by atoms with Gasteiger partial charge in [-0.3, -0.25) is 19.7 Å². The molecule has 1 aliphatic heterocycles. The molecule has 5 rings (SSSR count). The summed E-state index contributed by atoms with van der Waals surface area (Å²) >= 11 is 0. The normalized spacial score (nSPS) is 13.6. The van der Waals surface area contributed by atoms with Gasteiger partial charge in [0.25, 0.3) is 5.91 Å². The summed E-state index contributed by atoms with van der Waals surface area (Å²) in [4.78, 5) is 40.4. The molecule has 0 saturated carbocycles. The van der Waals surface area contributed by atoms with Gasteiger partial charge in [0, 0.05) is 49.9 Å². The summed E-state index contributed by atoms with van der Waals surface area (Å²) < 4.78 is 10.8. The van der Waals surface area contributed by atoms with Crippen LogP contribution in [0.3, 0.4) is 0 Å². The Balaban J connectivity index is 1.17. The van der Waals surface area contributed by atoms with E-state index < -0.39 is 11.8 Å². The molecule has 3 amide bonds. The number of anilines is 3. The summed E-state index contributed by atoms with van der Waals surface area (Å²) in [6.07, 6.45) is 0. The first-order valence-electron chi connectivity index (χ1n) is 11.0. The molecule has 0 unspecified atom stereocenters. The maximum Gasteiger partial charge on any atom is 0.323 e. The lowest BCUT2D eigenvalue weighted by molar-refractivity contribution is -0.129. The number of carbonyl (C=O) groups is 3. The minimum absolute atomic E-state index is 0.0817. The number of carbonyl (C=O) groups excluding carboxylic acids is 3. The van der Waals surface area contributed by atoms with Crippen LogP contribution in [0.1, 0.15) is 28.2 Å². The highest BCUT2D eigenvalue weighted by atomic mass is 16.4. The van der Waals surface area contributed by atoms with E-state index in [0.717, 1.165) is 24.2 Å². The van der Waals surface area contributed by atoms with Gasteiger partial charge >= 0.3 is 17.8 Å². The summed E-state index contributed by atoms with van der Waals surface area (Å²) in [5, 5.41) is 13.3. The summed E-state index contributed by atoms with van der Waals surface area (Å²) in [5.41, 5.74) is 2.12. The zero-order valence-corrected chi connectivity index (χ0v) is 18.9. The van der Waals surface area contributed by atoms with Crippen LogP contribution in [0.5, 0.6) is 0 Å². The number of nitrogens with zero attached hydrogens (tertiary/aromatic N) is 4. The Morgan fingerprint density at radius 2 is 1.60 bits per heavy atom. The number of benzene rings is 2. The van der Waals surface area contributed by atoms with Crippen molar-refractivity contribution in [2.75, 3.05) is 41.7 Å². The van der Waals surface area contributed by atoms with Crippen molar-refractivity contribution in [3.63, 3.8) is 0 Å². The Morgan fingerprint density at radius 1 is 0.857 bits per heavy atom. The molecule has 0 aliphatic carbocycles. The Labute approximate surface area is 199 Å². The molecule has 1 aliphatic rings. The Bertz CT molecular complexity index is 1350. The average Bonchev–Trinajstić information content (AvgIpc) is 3.52. The second-order valence-electron chi connectivity index (χ2n) is 8.01. The van der Waals surface area contributed by atoms with Crippen molar-refractivity contribution in [1.29, 1.82) is 0 Å². The molecule has 2 N–H and O–H groups in total. The highest BCUT2D eigenvalue weighted by Crippen LogP contribution is 2.21. The fourth-order valence-electron chi connectivity index (χ4n) is 3.84. The number of furan rings is 1. The van der Waals surface area contributed by atoms with Crippen molar-refractivity contribution >= 4 is 46.1 Å². The van der Waals surface area contributed by atoms with Gasteiger partial charge in [-0.05, 0) is 36.4 Å². The average molecular weight is 474 g/mol. The Hall–Kier alpha value is -4.67. The van der Waals surface area contributed by atoms with Crippen LogP contribution in [-0.4, -0.2) is 59.0 Å². The van der Waals surface area contributed by atoms with E-state index in [-0.39, 0.29) is 23.6 Å². The van der Waals surface area contributed by atoms with Gasteiger partial charge in [0.05, 0.1) is 0 Å². The second kappa shape index (κ2) is 9.29. The highest BCUT2D eigenvalue weighted by molar-refractivity contribution is 6.04. The molecule has 35 heavy (non-hydrogen) atoms. The maximum absolute atomic E-state index is 12.5. The third kappa shape index (κ3) is 4.83. The van der Waals surface area contributed by atoms with Gasteiger partial charge in [0.15, 0.2) is 5.76 Å². The molecule has 0 atom stereocenters. The third-order valence-corrected chi connectivity index (χ3v) is 5.70. The quantitative estimate of drug-likeness (QED) is 0.451. The molecular formula is C24H22N6O5. The fraction of sp³-hybridized carbons (Fsp3) is 0.208. The first-order chi connectivity index (χ1) is 17.0. The molecule has 0 radical (unpaired) electrons. The van der Waals surface area contributed by atoms with Gasteiger partial charge in [-0.1, -0.05) is 23.3 Å². The number of piperazine rings is 1. The Morgan fingerprint density at radius 3 is 2.31 bits per heavy atom. The lowest BCUT2D eigenvalue weighted by Gasteiger charge is -2.35. The van der Waals surface area contributed by atoms with E-state index in [9.17, 15) is 14.4 Å². The van der Waals surface area contributed by atoms with E-state index in [1.54, 1.807) is 37.3 Å². The number of rotatable bonds is 5. The predicted octanol–water partition coefficient (Wildman–Crippen LogP) is 2.99. The van der Waals surface area contributed by atoms with E-state index in [4.69, 9.17) is 8.83 Å². The van der Waals surface area contributed by atoms with Crippen molar-refractivity contribution in [3.8, 4) is 0 Å². The summed E-state index contributed by atoms with van der Waals surface area (Å²) in [5.74, 6) is -1.31. The van der Waals surface area contributed by atoms with Crippen LogP contribution in [0.15, 0.2) is 63.4 Å². The molecule has 11 heteroatoms. The van der Waals surface area contributed by atoms with Crippen molar-refractivity contribution < 1.29 is 23.2 Å². The largest absolute Gasteiger partial charge is 0.451 e. The van der Waals surface area contributed by atoms with Crippen molar-refractivity contribution in [1.82, 2.24) is 15.1 Å². The first kappa shape index (κ1) is 22.1. The summed E-state index contributed by atoms with van der Waals surface area (Å²) in [6, 6.07) is 15.9. The lowest BCUT2D eigenvalue weighted by atomic mass is 10.2. The van der Waals surface area contributed by atoms with E-state index in [1.165, 1.54) is 0 Å². The molecule has 0 bridgehead atoms. The van der Waals surface area contributed by atoms with E-state index >= 15 is 0 Å². The number of aromatic nitrogens is 2. The molecule has 1 fully saturated rings. The van der Waals surface area contributed by atoms with Crippen LogP contribution in [0.2, 0.25) is 0 Å². The van der Waals surface area contributed by atoms with Crippen LogP contribution in [-0.2, 0) is 4.79 Å². The SMILES string of the molecule is CC(=O)N1CCN(c2ccc(NC(=O)c3nnc(NC(=O)c4cc5ccccc5o4)o3)cc2)CC1. The van der Waals surface area contributed by atoms with Crippen molar-refractivity contribution in [2.24, 2.45) is 0 Å². The number of para-hydroxylation sites is 1. The molecule has 1 saturated heterocycles. The van der Waals surface area contributed by atoms with Crippen LogP contribution in [0, 0.1) is 0 Å². The molecule has 11 nitrogen and oxygen atoms in total. The second-order valence-corrected chi connectivity index (χ2v) is 8.01. The summed E-state index contributed by atoms with van der Waals surface area (Å²) in [7, 11) is 0. The van der Waals surface area contributed by atoms with Crippen LogP contribution in [0.4, 0.5) is 17.4 Å². The van der Waals surface area contributed by atoms with Crippen LogP contribution in [0.25, 0.3) is 11.0 Å².